The first kappa shape index (κ1) is 11.6. The van der Waals surface area contributed by atoms with Crippen LogP contribution in [0.4, 0.5) is 0 Å². The molecule has 1 atom stereocenters. The number of nitrogens with one attached hydrogen (secondary N) is 1. The number of aromatic nitrogens is 1. The highest BCUT2D eigenvalue weighted by Gasteiger charge is 1.99. The van der Waals surface area contributed by atoms with Crippen molar-refractivity contribution >= 4 is 15.9 Å². The summed E-state index contributed by atoms with van der Waals surface area (Å²) < 4.78 is 0.979. The summed E-state index contributed by atoms with van der Waals surface area (Å²) in [5.74, 6) is 0. The standard InChI is InChI=1S/C10H15BrN2O/c1-2-10(14)7-13-5-8-3-9(11)6-12-4-8/h3-4,6,10,13-14H,2,5,7H2,1H3. The third-order valence-corrected chi connectivity index (χ3v) is 2.38. The molecule has 0 aromatic carbocycles. The minimum absolute atomic E-state index is 0.255. The fourth-order valence-corrected chi connectivity index (χ4v) is 1.49. The predicted octanol–water partition coefficient (Wildman–Crippen LogP) is 1.70. The molecule has 0 radical (unpaired) electrons. The summed E-state index contributed by atoms with van der Waals surface area (Å²) in [5.41, 5.74) is 1.11. The van der Waals surface area contributed by atoms with E-state index in [9.17, 15) is 5.11 Å². The Kier molecular flexibility index (Phi) is 5.07. The van der Waals surface area contributed by atoms with Crippen molar-refractivity contribution in [2.75, 3.05) is 6.54 Å². The molecule has 0 fully saturated rings. The van der Waals surface area contributed by atoms with Crippen molar-refractivity contribution in [3.05, 3.63) is 28.5 Å². The van der Waals surface area contributed by atoms with Gasteiger partial charge < -0.3 is 10.4 Å². The fraction of sp³-hybridized carbons (Fsp3) is 0.500. The summed E-state index contributed by atoms with van der Waals surface area (Å²) in [6.45, 7) is 3.33. The predicted molar refractivity (Wildman–Crippen MR) is 59.9 cm³/mol. The Morgan fingerprint density at radius 3 is 3.00 bits per heavy atom. The second kappa shape index (κ2) is 6.11. The first-order chi connectivity index (χ1) is 6.72. The normalized spacial score (nSPS) is 12.8. The van der Waals surface area contributed by atoms with Gasteiger partial charge in [0, 0.05) is 30.0 Å². The average molecular weight is 259 g/mol. The van der Waals surface area contributed by atoms with Crippen LogP contribution in [-0.2, 0) is 6.54 Å². The summed E-state index contributed by atoms with van der Waals surface area (Å²) in [6, 6.07) is 2.01. The van der Waals surface area contributed by atoms with Gasteiger partial charge in [-0.15, -0.1) is 0 Å². The lowest BCUT2D eigenvalue weighted by atomic mass is 10.2. The van der Waals surface area contributed by atoms with E-state index >= 15 is 0 Å². The highest BCUT2D eigenvalue weighted by Crippen LogP contribution is 2.08. The molecule has 0 amide bonds. The minimum atomic E-state index is -0.255. The van der Waals surface area contributed by atoms with Gasteiger partial charge in [-0.05, 0) is 34.0 Å². The number of hydrogen-bond donors (Lipinski definition) is 2. The van der Waals surface area contributed by atoms with Gasteiger partial charge in [-0.3, -0.25) is 4.98 Å². The van der Waals surface area contributed by atoms with Crippen LogP contribution in [0.3, 0.4) is 0 Å². The van der Waals surface area contributed by atoms with Gasteiger partial charge in [0.05, 0.1) is 6.10 Å². The van der Waals surface area contributed by atoms with Gasteiger partial charge in [0.25, 0.3) is 0 Å². The maximum absolute atomic E-state index is 9.30. The summed E-state index contributed by atoms with van der Waals surface area (Å²) >= 11 is 3.36. The molecule has 3 nitrogen and oxygen atoms in total. The fourth-order valence-electron chi connectivity index (χ4n) is 1.08. The minimum Gasteiger partial charge on any atom is -0.392 e. The van der Waals surface area contributed by atoms with E-state index in [0.29, 0.717) is 6.54 Å². The number of rotatable bonds is 5. The summed E-state index contributed by atoms with van der Waals surface area (Å²) in [5, 5.41) is 12.5. The lowest BCUT2D eigenvalue weighted by Crippen LogP contribution is -2.25. The molecule has 1 aromatic rings. The molecule has 2 N–H and O–H groups in total. The zero-order valence-electron chi connectivity index (χ0n) is 8.20. The van der Waals surface area contributed by atoms with Crippen LogP contribution < -0.4 is 5.32 Å². The zero-order valence-corrected chi connectivity index (χ0v) is 9.79. The van der Waals surface area contributed by atoms with Crippen molar-refractivity contribution in [2.45, 2.75) is 26.0 Å². The average Bonchev–Trinajstić information content (AvgIpc) is 2.17. The Hall–Kier alpha value is -0.450. The summed E-state index contributed by atoms with van der Waals surface area (Å²) in [4.78, 5) is 4.05. The van der Waals surface area contributed by atoms with E-state index in [1.165, 1.54) is 0 Å². The van der Waals surface area contributed by atoms with Gasteiger partial charge in [-0.25, -0.2) is 0 Å². The number of aliphatic hydroxyl groups excluding tert-OH is 1. The molecule has 0 saturated carbocycles. The number of hydrogen-bond acceptors (Lipinski definition) is 3. The molecule has 0 aliphatic heterocycles. The van der Waals surface area contributed by atoms with Crippen LogP contribution in [0.1, 0.15) is 18.9 Å². The number of aliphatic hydroxyl groups is 1. The van der Waals surface area contributed by atoms with Crippen LogP contribution >= 0.6 is 15.9 Å². The molecule has 0 saturated heterocycles. The molecule has 14 heavy (non-hydrogen) atoms. The number of pyridine rings is 1. The highest BCUT2D eigenvalue weighted by molar-refractivity contribution is 9.10. The van der Waals surface area contributed by atoms with E-state index in [1.807, 2.05) is 19.2 Å². The third kappa shape index (κ3) is 4.17. The second-order valence-corrected chi connectivity index (χ2v) is 4.12. The van der Waals surface area contributed by atoms with Gasteiger partial charge in [0.15, 0.2) is 0 Å². The largest absolute Gasteiger partial charge is 0.392 e. The molecule has 0 spiro atoms. The van der Waals surface area contributed by atoms with Gasteiger partial charge >= 0.3 is 0 Å². The van der Waals surface area contributed by atoms with Gasteiger partial charge in [0.2, 0.25) is 0 Å². The van der Waals surface area contributed by atoms with E-state index in [1.54, 1.807) is 6.20 Å². The van der Waals surface area contributed by atoms with E-state index in [0.717, 1.165) is 23.0 Å². The van der Waals surface area contributed by atoms with E-state index in [2.05, 4.69) is 26.2 Å². The van der Waals surface area contributed by atoms with Gasteiger partial charge in [-0.2, -0.15) is 0 Å². The highest BCUT2D eigenvalue weighted by atomic mass is 79.9. The summed E-state index contributed by atoms with van der Waals surface area (Å²) in [6.07, 6.45) is 4.10. The molecule has 1 unspecified atom stereocenters. The van der Waals surface area contributed by atoms with Crippen LogP contribution in [0.2, 0.25) is 0 Å². The van der Waals surface area contributed by atoms with Crippen molar-refractivity contribution in [3.8, 4) is 0 Å². The molecule has 1 aromatic heterocycles. The monoisotopic (exact) mass is 258 g/mol. The molecule has 4 heteroatoms. The maximum Gasteiger partial charge on any atom is 0.0662 e. The quantitative estimate of drug-likeness (QED) is 0.846. The van der Waals surface area contributed by atoms with Gasteiger partial charge in [-0.1, -0.05) is 6.92 Å². The topological polar surface area (TPSA) is 45.1 Å². The zero-order chi connectivity index (χ0) is 10.4. The smallest absolute Gasteiger partial charge is 0.0662 e. The number of halogens is 1. The van der Waals surface area contributed by atoms with Crippen molar-refractivity contribution in [1.29, 1.82) is 0 Å². The van der Waals surface area contributed by atoms with E-state index < -0.39 is 0 Å². The Labute approximate surface area is 92.7 Å². The molecular weight excluding hydrogens is 244 g/mol. The van der Waals surface area contributed by atoms with Crippen molar-refractivity contribution in [2.24, 2.45) is 0 Å². The Bertz CT molecular complexity index is 281. The van der Waals surface area contributed by atoms with E-state index in [-0.39, 0.29) is 6.10 Å². The molecule has 1 heterocycles. The SMILES string of the molecule is CCC(O)CNCc1cncc(Br)c1. The van der Waals surface area contributed by atoms with Crippen LogP contribution in [0, 0.1) is 0 Å². The van der Waals surface area contributed by atoms with Crippen LogP contribution in [0.15, 0.2) is 22.9 Å². The second-order valence-electron chi connectivity index (χ2n) is 3.20. The van der Waals surface area contributed by atoms with Crippen LogP contribution in [-0.4, -0.2) is 22.7 Å². The Balaban J connectivity index is 2.31. The van der Waals surface area contributed by atoms with Crippen LogP contribution in [0.25, 0.3) is 0 Å². The summed E-state index contributed by atoms with van der Waals surface area (Å²) in [7, 11) is 0. The molecular formula is C10H15BrN2O. The molecule has 0 aliphatic rings. The van der Waals surface area contributed by atoms with E-state index in [4.69, 9.17) is 0 Å². The lowest BCUT2D eigenvalue weighted by Gasteiger charge is -2.09. The van der Waals surface area contributed by atoms with Crippen LogP contribution in [0.5, 0.6) is 0 Å². The molecule has 78 valence electrons. The molecule has 0 aliphatic carbocycles. The van der Waals surface area contributed by atoms with Crippen molar-refractivity contribution < 1.29 is 5.11 Å². The van der Waals surface area contributed by atoms with Crippen molar-refractivity contribution in [1.82, 2.24) is 10.3 Å². The van der Waals surface area contributed by atoms with Gasteiger partial charge in [0.1, 0.15) is 0 Å². The Morgan fingerprint density at radius 1 is 1.57 bits per heavy atom. The van der Waals surface area contributed by atoms with Crippen molar-refractivity contribution in [3.63, 3.8) is 0 Å². The molecule has 1 rings (SSSR count). The first-order valence-corrected chi connectivity index (χ1v) is 5.50. The molecule has 0 bridgehead atoms. The third-order valence-electron chi connectivity index (χ3n) is 1.94. The lowest BCUT2D eigenvalue weighted by molar-refractivity contribution is 0.167. The maximum atomic E-state index is 9.30. The number of nitrogens with zero attached hydrogens (tertiary/aromatic N) is 1. The Morgan fingerprint density at radius 2 is 2.36 bits per heavy atom. The first-order valence-electron chi connectivity index (χ1n) is 4.70.